The fraction of sp³-hybridized carbons (Fsp3) is 0.733. The lowest BCUT2D eigenvalue weighted by Crippen LogP contribution is -2.52. The van der Waals surface area contributed by atoms with E-state index in [1.54, 1.807) is 10.6 Å². The first-order valence-electron chi connectivity index (χ1n) is 8.33. The number of nitrogens with zero attached hydrogens (tertiary/aromatic N) is 5. The van der Waals surface area contributed by atoms with Crippen molar-refractivity contribution in [1.29, 1.82) is 0 Å². The Balaban J connectivity index is 1.61. The minimum Gasteiger partial charge on any atom is -0.379 e. The van der Waals surface area contributed by atoms with Gasteiger partial charge in [-0.15, -0.1) is 0 Å². The number of hydrogen-bond donors (Lipinski definition) is 0. The van der Waals surface area contributed by atoms with Crippen LogP contribution in [0.15, 0.2) is 12.4 Å². The van der Waals surface area contributed by atoms with E-state index in [2.05, 4.69) is 14.9 Å². The molecule has 0 N–H and O–H groups in total. The number of hydrogen-bond acceptors (Lipinski definition) is 6. The van der Waals surface area contributed by atoms with Crippen molar-refractivity contribution in [3.05, 3.63) is 18.1 Å². The highest BCUT2D eigenvalue weighted by atomic mass is 32.2. The third-order valence-electron chi connectivity index (χ3n) is 4.74. The average molecular weight is 355 g/mol. The molecule has 0 spiro atoms. The van der Waals surface area contributed by atoms with Crippen LogP contribution in [0.4, 0.5) is 5.82 Å². The first-order valence-corrected chi connectivity index (χ1v) is 9.72. The van der Waals surface area contributed by atoms with E-state index in [0.717, 1.165) is 24.4 Å². The second-order valence-corrected chi connectivity index (χ2v) is 8.21. The van der Waals surface area contributed by atoms with Gasteiger partial charge in [0.25, 0.3) is 10.2 Å². The topological polar surface area (TPSA) is 78.9 Å². The summed E-state index contributed by atoms with van der Waals surface area (Å²) in [5, 5.41) is 0. The number of aromatic nitrogens is 2. The van der Waals surface area contributed by atoms with Crippen molar-refractivity contribution in [2.24, 2.45) is 0 Å². The van der Waals surface area contributed by atoms with Gasteiger partial charge in [-0.3, -0.25) is 0 Å². The maximum Gasteiger partial charge on any atom is 0.282 e. The smallest absolute Gasteiger partial charge is 0.282 e. The third-order valence-corrected chi connectivity index (χ3v) is 6.78. The summed E-state index contributed by atoms with van der Waals surface area (Å²) in [5.41, 5.74) is 0.930. The first kappa shape index (κ1) is 17.5. The molecule has 0 aromatic carbocycles. The monoisotopic (exact) mass is 355 g/mol. The predicted molar refractivity (Wildman–Crippen MR) is 91.1 cm³/mol. The normalized spacial score (nSPS) is 21.8. The quantitative estimate of drug-likeness (QED) is 0.771. The van der Waals surface area contributed by atoms with Crippen LogP contribution in [0, 0.1) is 6.92 Å². The van der Waals surface area contributed by atoms with Gasteiger partial charge in [-0.05, 0) is 19.8 Å². The predicted octanol–water partition coefficient (Wildman–Crippen LogP) is 0.263. The number of piperidine rings is 1. The van der Waals surface area contributed by atoms with Crippen LogP contribution < -0.4 is 4.90 Å². The van der Waals surface area contributed by atoms with Gasteiger partial charge >= 0.3 is 0 Å². The molecule has 2 saturated heterocycles. The molecule has 8 nitrogen and oxygen atoms in total. The molecule has 3 heterocycles. The van der Waals surface area contributed by atoms with Crippen molar-refractivity contribution in [2.75, 3.05) is 51.3 Å². The fourth-order valence-corrected chi connectivity index (χ4v) is 4.83. The molecule has 0 amide bonds. The van der Waals surface area contributed by atoms with Crippen molar-refractivity contribution in [3.8, 4) is 0 Å². The molecule has 0 bridgehead atoms. The lowest BCUT2D eigenvalue weighted by Gasteiger charge is -2.39. The summed E-state index contributed by atoms with van der Waals surface area (Å²) in [5.74, 6) is 0.886. The van der Waals surface area contributed by atoms with E-state index in [4.69, 9.17) is 4.74 Å². The molecule has 0 radical (unpaired) electrons. The lowest BCUT2D eigenvalue weighted by molar-refractivity contribution is 0.0696. The Morgan fingerprint density at radius 3 is 2.38 bits per heavy atom. The molecule has 0 unspecified atom stereocenters. The Hall–Kier alpha value is -1.29. The molecule has 2 aliphatic rings. The average Bonchev–Trinajstić information content (AvgIpc) is 2.62. The highest BCUT2D eigenvalue weighted by Crippen LogP contribution is 2.23. The number of anilines is 1. The minimum absolute atomic E-state index is 0.287. The number of rotatable bonds is 4. The van der Waals surface area contributed by atoms with Crippen LogP contribution in [0.3, 0.4) is 0 Å². The van der Waals surface area contributed by atoms with Crippen LogP contribution in [-0.2, 0) is 14.9 Å². The molecular formula is C15H25N5O3S. The van der Waals surface area contributed by atoms with Crippen LogP contribution in [0.2, 0.25) is 0 Å². The highest BCUT2D eigenvalue weighted by Gasteiger charge is 2.34. The Bertz CT molecular complexity index is 655. The Labute approximate surface area is 143 Å². The largest absolute Gasteiger partial charge is 0.379 e. The molecule has 2 aliphatic heterocycles. The van der Waals surface area contributed by atoms with Gasteiger partial charge in [0, 0.05) is 51.0 Å². The number of morpholine rings is 1. The van der Waals surface area contributed by atoms with Gasteiger partial charge in [-0.2, -0.15) is 17.0 Å². The molecular weight excluding hydrogens is 330 g/mol. The van der Waals surface area contributed by atoms with E-state index >= 15 is 0 Å². The first-order chi connectivity index (χ1) is 11.5. The summed E-state index contributed by atoms with van der Waals surface area (Å²) in [6, 6.07) is 2.24. The summed E-state index contributed by atoms with van der Waals surface area (Å²) in [6.45, 7) is 4.87. The molecule has 9 heteroatoms. The Morgan fingerprint density at radius 2 is 1.75 bits per heavy atom. The standard InChI is InChI=1S/C15H25N5O3S/c1-13-11-15(17-12-16-13)18(2)14-3-5-19(6-4-14)24(21,22)20-7-9-23-10-8-20/h11-12,14H,3-10H2,1-2H3. The highest BCUT2D eigenvalue weighted by molar-refractivity contribution is 7.86. The van der Waals surface area contributed by atoms with Crippen molar-refractivity contribution in [3.63, 3.8) is 0 Å². The van der Waals surface area contributed by atoms with Gasteiger partial charge in [-0.1, -0.05) is 0 Å². The van der Waals surface area contributed by atoms with Gasteiger partial charge in [0.05, 0.1) is 13.2 Å². The van der Waals surface area contributed by atoms with Gasteiger partial charge in [-0.25, -0.2) is 9.97 Å². The van der Waals surface area contributed by atoms with E-state index in [-0.39, 0.29) is 6.04 Å². The van der Waals surface area contributed by atoms with E-state index in [1.165, 1.54) is 4.31 Å². The second-order valence-electron chi connectivity index (χ2n) is 6.28. The fourth-order valence-electron chi connectivity index (χ4n) is 3.22. The zero-order valence-corrected chi connectivity index (χ0v) is 15.1. The zero-order chi connectivity index (χ0) is 17.2. The summed E-state index contributed by atoms with van der Waals surface area (Å²) in [4.78, 5) is 10.6. The molecule has 24 heavy (non-hydrogen) atoms. The molecule has 3 rings (SSSR count). The molecule has 0 saturated carbocycles. The molecule has 1 aromatic rings. The third kappa shape index (κ3) is 3.69. The Kier molecular flexibility index (Phi) is 5.33. The van der Waals surface area contributed by atoms with Crippen molar-refractivity contribution in [2.45, 2.75) is 25.8 Å². The van der Waals surface area contributed by atoms with Crippen molar-refractivity contribution < 1.29 is 13.2 Å². The van der Waals surface area contributed by atoms with Gasteiger partial charge < -0.3 is 9.64 Å². The molecule has 0 aliphatic carbocycles. The zero-order valence-electron chi connectivity index (χ0n) is 14.3. The maximum absolute atomic E-state index is 12.7. The molecule has 0 atom stereocenters. The van der Waals surface area contributed by atoms with Crippen LogP contribution in [-0.4, -0.2) is 79.5 Å². The van der Waals surface area contributed by atoms with E-state index in [0.29, 0.717) is 39.4 Å². The second kappa shape index (κ2) is 7.30. The molecule has 1 aromatic heterocycles. The summed E-state index contributed by atoms with van der Waals surface area (Å²) in [6.07, 6.45) is 3.16. The van der Waals surface area contributed by atoms with Crippen molar-refractivity contribution in [1.82, 2.24) is 18.6 Å². The van der Waals surface area contributed by atoms with E-state index in [1.807, 2.05) is 20.0 Å². The maximum atomic E-state index is 12.7. The minimum atomic E-state index is -3.36. The van der Waals surface area contributed by atoms with Gasteiger partial charge in [0.1, 0.15) is 12.1 Å². The summed E-state index contributed by atoms with van der Waals surface area (Å²) < 4.78 is 33.8. The van der Waals surface area contributed by atoms with Crippen LogP contribution in [0.1, 0.15) is 18.5 Å². The Morgan fingerprint density at radius 1 is 1.12 bits per heavy atom. The summed E-state index contributed by atoms with van der Waals surface area (Å²) >= 11 is 0. The van der Waals surface area contributed by atoms with Crippen LogP contribution >= 0.6 is 0 Å². The molecule has 134 valence electrons. The van der Waals surface area contributed by atoms with Crippen LogP contribution in [0.25, 0.3) is 0 Å². The van der Waals surface area contributed by atoms with E-state index < -0.39 is 10.2 Å². The van der Waals surface area contributed by atoms with Crippen molar-refractivity contribution >= 4 is 16.0 Å². The molecule has 2 fully saturated rings. The van der Waals surface area contributed by atoms with Crippen LogP contribution in [0.5, 0.6) is 0 Å². The van der Waals surface area contributed by atoms with Gasteiger partial charge in [0.2, 0.25) is 0 Å². The summed E-state index contributed by atoms with van der Waals surface area (Å²) in [7, 11) is -1.35. The number of aryl methyl sites for hydroxylation is 1. The number of ether oxygens (including phenoxy) is 1. The lowest BCUT2D eigenvalue weighted by atomic mass is 10.1. The van der Waals surface area contributed by atoms with E-state index in [9.17, 15) is 8.42 Å². The SMILES string of the molecule is Cc1cc(N(C)C2CCN(S(=O)(=O)N3CCOCC3)CC2)ncn1. The van der Waals surface area contributed by atoms with Gasteiger partial charge in [0.15, 0.2) is 0 Å².